The number of furan rings is 1. The number of hydrogen-bond acceptors (Lipinski definition) is 4. The second-order valence-electron chi connectivity index (χ2n) is 12.7. The average molecular weight is 840 g/mol. The molecule has 0 unspecified atom stereocenters. The van der Waals surface area contributed by atoms with Crippen LogP contribution in [0, 0.1) is 31.7 Å². The van der Waals surface area contributed by atoms with E-state index in [9.17, 15) is 4.39 Å². The minimum atomic E-state index is -2.15. The molecule has 0 atom stereocenters. The third kappa shape index (κ3) is 6.51. The largest absolute Gasteiger partial charge is 0.501 e. The van der Waals surface area contributed by atoms with E-state index in [4.69, 9.17) is 13.5 Å². The van der Waals surface area contributed by atoms with E-state index in [0.717, 1.165) is 50.1 Å². The second kappa shape index (κ2) is 14.5. The Balaban J connectivity index is 0.000000226. The average Bonchev–Trinajstić information content (AvgIpc) is 3.71. The van der Waals surface area contributed by atoms with Crippen LogP contribution in [-0.2, 0) is 20.1 Å². The first-order valence-corrected chi connectivity index (χ1v) is 16.4. The maximum Gasteiger partial charge on any atom is 0.168 e. The molecule has 0 spiro atoms. The van der Waals surface area contributed by atoms with Gasteiger partial charge in [-0.25, -0.2) is 4.98 Å². The van der Waals surface area contributed by atoms with E-state index >= 15 is 0 Å². The molecular formula is C43H37FIrN4O-2. The molecule has 8 aromatic rings. The summed E-state index contributed by atoms with van der Waals surface area (Å²) in [6.07, 6.45) is 3.14. The molecule has 0 aliphatic carbocycles. The summed E-state index contributed by atoms with van der Waals surface area (Å²) in [6, 6.07) is 34.3. The Labute approximate surface area is 309 Å². The van der Waals surface area contributed by atoms with Crippen LogP contribution in [0.2, 0.25) is 0 Å². The van der Waals surface area contributed by atoms with Crippen molar-refractivity contribution in [2.24, 2.45) is 0 Å². The fourth-order valence-corrected chi connectivity index (χ4v) is 6.28. The maximum absolute atomic E-state index is 12.7. The van der Waals surface area contributed by atoms with Crippen molar-refractivity contribution in [2.75, 3.05) is 0 Å². The van der Waals surface area contributed by atoms with Crippen LogP contribution in [0.4, 0.5) is 4.39 Å². The Morgan fingerprint density at radius 1 is 0.840 bits per heavy atom. The van der Waals surface area contributed by atoms with E-state index in [2.05, 4.69) is 97.7 Å². The molecule has 8 rings (SSSR count). The fraction of sp³-hybridized carbons (Fsp3) is 0.186. The Bertz CT molecular complexity index is 2510. The van der Waals surface area contributed by atoms with Gasteiger partial charge in [0.1, 0.15) is 5.58 Å². The summed E-state index contributed by atoms with van der Waals surface area (Å²) in [7, 11) is 0. The molecule has 0 fully saturated rings. The van der Waals surface area contributed by atoms with Crippen LogP contribution in [0.1, 0.15) is 65.9 Å². The van der Waals surface area contributed by atoms with Gasteiger partial charge < -0.3 is 14.0 Å². The van der Waals surface area contributed by atoms with Crippen molar-refractivity contribution in [3.63, 3.8) is 0 Å². The SMILES string of the molecule is Cc1ccnc2nc(-c3[c-]ccc4c3oc3ccccc34)n(-c3c(C(C)C)cccc3C(C)C)c12.[2H]C([2H])([2H])c1ccc(-c2[c-]cc(F)cc2)nc1.[Ir]. The number of para-hydroxylation sites is 2. The van der Waals surface area contributed by atoms with E-state index in [1.165, 1.54) is 41.2 Å². The van der Waals surface area contributed by atoms with Gasteiger partial charge in [-0.15, -0.1) is 48.0 Å². The molecule has 0 saturated carbocycles. The van der Waals surface area contributed by atoms with Crippen LogP contribution < -0.4 is 0 Å². The summed E-state index contributed by atoms with van der Waals surface area (Å²) in [5.41, 5.74) is 10.6. The van der Waals surface area contributed by atoms with Gasteiger partial charge >= 0.3 is 0 Å². The minimum absolute atomic E-state index is 0. The Morgan fingerprint density at radius 3 is 2.30 bits per heavy atom. The molecule has 4 heterocycles. The number of rotatable bonds is 5. The van der Waals surface area contributed by atoms with Crippen molar-refractivity contribution < 1.29 is 33.0 Å². The van der Waals surface area contributed by atoms with Crippen LogP contribution in [0.25, 0.3) is 61.4 Å². The van der Waals surface area contributed by atoms with Crippen LogP contribution in [0.3, 0.4) is 0 Å². The van der Waals surface area contributed by atoms with Crippen molar-refractivity contribution in [3.05, 3.63) is 144 Å². The molecule has 1 radical (unpaired) electrons. The van der Waals surface area contributed by atoms with Crippen molar-refractivity contribution in [1.82, 2.24) is 19.5 Å². The zero-order valence-electron chi connectivity index (χ0n) is 31.4. The monoisotopic (exact) mass is 840 g/mol. The molecule has 0 amide bonds. The van der Waals surface area contributed by atoms with Gasteiger partial charge in [0, 0.05) is 53.5 Å². The predicted octanol–water partition coefficient (Wildman–Crippen LogP) is 11.3. The first kappa shape index (κ1) is 31.0. The summed E-state index contributed by atoms with van der Waals surface area (Å²) in [5.74, 6) is 1.13. The van der Waals surface area contributed by atoms with Gasteiger partial charge in [0.25, 0.3) is 0 Å². The van der Waals surface area contributed by atoms with Crippen molar-refractivity contribution in [1.29, 1.82) is 0 Å². The molecule has 4 aromatic heterocycles. The molecular weight excluding hydrogens is 800 g/mol. The standard InChI is InChI=1S/C31H28N3O.C12H9FN.Ir/c1-18(2)21-11-8-12-22(19(3)4)28(21)34-27-20(5)16-17-32-30(27)33-31(34)25-14-9-13-24-23-10-6-7-15-26(23)35-29(24)25;1-9-2-7-12(14-8-9)10-3-5-11(13)6-4-10;/h6-13,15-19H,1-5H3;2-3,5-8H,1H3;/q2*-1;/i;1D3;. The zero-order valence-corrected chi connectivity index (χ0v) is 30.8. The fourth-order valence-electron chi connectivity index (χ4n) is 6.28. The normalized spacial score (nSPS) is 12.4. The molecule has 4 aromatic carbocycles. The van der Waals surface area contributed by atoms with E-state index in [0.29, 0.717) is 23.1 Å². The number of imidazole rings is 1. The summed E-state index contributed by atoms with van der Waals surface area (Å²) in [6.45, 7) is 8.97. The van der Waals surface area contributed by atoms with Crippen molar-refractivity contribution in [2.45, 2.75) is 53.3 Å². The number of aromatic nitrogens is 4. The van der Waals surface area contributed by atoms with Gasteiger partial charge in [-0.05, 0) is 65.7 Å². The molecule has 0 bridgehead atoms. The molecule has 7 heteroatoms. The van der Waals surface area contributed by atoms with Gasteiger partial charge in [-0.1, -0.05) is 87.2 Å². The molecule has 0 saturated heterocycles. The summed E-state index contributed by atoms with van der Waals surface area (Å²) >= 11 is 0. The Hall–Kier alpha value is -4.97. The summed E-state index contributed by atoms with van der Waals surface area (Å²) < 4.78 is 43.0. The molecule has 50 heavy (non-hydrogen) atoms. The topological polar surface area (TPSA) is 56.7 Å². The number of nitrogens with zero attached hydrogens (tertiary/aromatic N) is 4. The van der Waals surface area contributed by atoms with Crippen molar-refractivity contribution in [3.8, 4) is 28.3 Å². The van der Waals surface area contributed by atoms with E-state index in [1.54, 1.807) is 12.1 Å². The number of hydrogen-bond donors (Lipinski definition) is 0. The van der Waals surface area contributed by atoms with Crippen LogP contribution >= 0.6 is 0 Å². The molecule has 0 aliphatic rings. The van der Waals surface area contributed by atoms with Gasteiger partial charge in [0.15, 0.2) is 5.65 Å². The first-order chi connectivity index (χ1) is 24.9. The smallest absolute Gasteiger partial charge is 0.168 e. The van der Waals surface area contributed by atoms with E-state index in [1.807, 2.05) is 30.5 Å². The number of aryl methyl sites for hydroxylation is 2. The predicted molar refractivity (Wildman–Crippen MR) is 197 cm³/mol. The third-order valence-corrected chi connectivity index (χ3v) is 8.70. The molecule has 5 nitrogen and oxygen atoms in total. The Morgan fingerprint density at radius 2 is 1.62 bits per heavy atom. The third-order valence-electron chi connectivity index (χ3n) is 8.70. The summed E-state index contributed by atoms with van der Waals surface area (Å²) in [5, 5.41) is 2.17. The molecule has 253 valence electrons. The van der Waals surface area contributed by atoms with Gasteiger partial charge in [-0.3, -0.25) is 9.37 Å². The van der Waals surface area contributed by atoms with Crippen LogP contribution in [0.5, 0.6) is 0 Å². The first-order valence-electron chi connectivity index (χ1n) is 17.9. The number of pyridine rings is 2. The van der Waals surface area contributed by atoms with E-state index < -0.39 is 6.85 Å². The number of benzene rings is 4. The minimum Gasteiger partial charge on any atom is -0.501 e. The number of halogens is 1. The maximum atomic E-state index is 12.7. The second-order valence-corrected chi connectivity index (χ2v) is 12.7. The number of fused-ring (bicyclic) bond motifs is 4. The van der Waals surface area contributed by atoms with Crippen LogP contribution in [0.15, 0.2) is 108 Å². The van der Waals surface area contributed by atoms with Crippen molar-refractivity contribution >= 4 is 33.1 Å². The molecule has 0 aliphatic heterocycles. The zero-order chi connectivity index (χ0) is 36.7. The quantitative estimate of drug-likeness (QED) is 0.162. The van der Waals surface area contributed by atoms with E-state index in [-0.39, 0.29) is 31.5 Å². The Kier molecular flexibility index (Phi) is 8.99. The van der Waals surface area contributed by atoms with Gasteiger partial charge in [0.05, 0.1) is 16.9 Å². The summed E-state index contributed by atoms with van der Waals surface area (Å²) in [4.78, 5) is 13.8. The van der Waals surface area contributed by atoms with Gasteiger partial charge in [0.2, 0.25) is 0 Å². The van der Waals surface area contributed by atoms with Gasteiger partial charge in [-0.2, -0.15) is 0 Å². The molecule has 0 N–H and O–H groups in total. The van der Waals surface area contributed by atoms with Crippen LogP contribution in [-0.4, -0.2) is 19.5 Å².